The smallest absolute Gasteiger partial charge is 0.220 e. The number of fused-ring (bicyclic) bond motifs is 1. The molecular formula is C15H20BrN3O. The Kier molecular flexibility index (Phi) is 3.98. The molecular weight excluding hydrogens is 318 g/mol. The van der Waals surface area contributed by atoms with E-state index < -0.39 is 0 Å². The SMILES string of the molecule is NCc1ccc(N2CCC3NC(=O)CCC3C2)cc1Br. The first kappa shape index (κ1) is 13.9. The van der Waals surface area contributed by atoms with Gasteiger partial charge in [0, 0.05) is 42.3 Å². The summed E-state index contributed by atoms with van der Waals surface area (Å²) in [6.07, 6.45) is 2.71. The Morgan fingerprint density at radius 3 is 3.00 bits per heavy atom. The number of piperidine rings is 2. The number of nitrogens with two attached hydrogens (primary N) is 1. The third-order valence-electron chi connectivity index (χ3n) is 4.44. The summed E-state index contributed by atoms with van der Waals surface area (Å²) in [4.78, 5) is 13.9. The molecule has 0 aliphatic carbocycles. The maximum absolute atomic E-state index is 11.4. The lowest BCUT2D eigenvalue weighted by Gasteiger charge is -2.42. The molecule has 4 nitrogen and oxygen atoms in total. The number of nitrogens with one attached hydrogen (secondary N) is 1. The Labute approximate surface area is 127 Å². The van der Waals surface area contributed by atoms with E-state index in [9.17, 15) is 4.79 Å². The van der Waals surface area contributed by atoms with E-state index in [1.165, 1.54) is 5.69 Å². The van der Waals surface area contributed by atoms with Crippen molar-refractivity contribution < 1.29 is 4.79 Å². The van der Waals surface area contributed by atoms with Crippen molar-refractivity contribution in [2.24, 2.45) is 11.7 Å². The van der Waals surface area contributed by atoms with Crippen LogP contribution in [0.5, 0.6) is 0 Å². The Bertz CT molecular complexity index is 520. The summed E-state index contributed by atoms with van der Waals surface area (Å²) in [5.41, 5.74) is 8.07. The van der Waals surface area contributed by atoms with Gasteiger partial charge in [-0.3, -0.25) is 4.79 Å². The molecule has 0 saturated carbocycles. The zero-order chi connectivity index (χ0) is 14.1. The number of carbonyl (C=O) groups is 1. The van der Waals surface area contributed by atoms with Gasteiger partial charge in [0.1, 0.15) is 0 Å². The minimum absolute atomic E-state index is 0.217. The fourth-order valence-electron chi connectivity index (χ4n) is 3.24. The quantitative estimate of drug-likeness (QED) is 0.867. The molecule has 0 radical (unpaired) electrons. The van der Waals surface area contributed by atoms with E-state index in [-0.39, 0.29) is 5.91 Å². The van der Waals surface area contributed by atoms with Crippen molar-refractivity contribution in [3.63, 3.8) is 0 Å². The molecule has 2 fully saturated rings. The summed E-state index contributed by atoms with van der Waals surface area (Å²) in [6.45, 7) is 2.58. The van der Waals surface area contributed by atoms with Gasteiger partial charge in [0.05, 0.1) is 0 Å². The van der Waals surface area contributed by atoms with E-state index in [1.807, 2.05) is 0 Å². The molecule has 2 aliphatic heterocycles. The van der Waals surface area contributed by atoms with Crippen LogP contribution in [0.4, 0.5) is 5.69 Å². The molecule has 1 aromatic carbocycles. The van der Waals surface area contributed by atoms with Crippen LogP contribution in [0.2, 0.25) is 0 Å². The highest BCUT2D eigenvalue weighted by molar-refractivity contribution is 9.10. The van der Waals surface area contributed by atoms with Crippen LogP contribution in [-0.4, -0.2) is 25.0 Å². The van der Waals surface area contributed by atoms with Crippen molar-refractivity contribution in [1.29, 1.82) is 0 Å². The van der Waals surface area contributed by atoms with Gasteiger partial charge in [-0.2, -0.15) is 0 Å². The summed E-state index contributed by atoms with van der Waals surface area (Å²) >= 11 is 3.59. The molecule has 20 heavy (non-hydrogen) atoms. The number of hydrogen-bond donors (Lipinski definition) is 2. The van der Waals surface area contributed by atoms with Crippen molar-refractivity contribution in [1.82, 2.24) is 5.32 Å². The summed E-state index contributed by atoms with van der Waals surface area (Å²) in [7, 11) is 0. The normalized spacial score (nSPS) is 26.1. The molecule has 0 aromatic heterocycles. The fraction of sp³-hybridized carbons (Fsp3) is 0.533. The number of hydrogen-bond acceptors (Lipinski definition) is 3. The largest absolute Gasteiger partial charge is 0.371 e. The number of amides is 1. The van der Waals surface area contributed by atoms with Gasteiger partial charge in [-0.15, -0.1) is 0 Å². The second-order valence-electron chi connectivity index (χ2n) is 5.69. The number of carbonyl (C=O) groups excluding carboxylic acids is 1. The van der Waals surface area contributed by atoms with Crippen molar-refractivity contribution >= 4 is 27.5 Å². The zero-order valence-corrected chi connectivity index (χ0v) is 13.0. The lowest BCUT2D eigenvalue weighted by atomic mass is 9.85. The zero-order valence-electron chi connectivity index (χ0n) is 11.4. The van der Waals surface area contributed by atoms with Crippen LogP contribution >= 0.6 is 15.9 Å². The van der Waals surface area contributed by atoms with Crippen molar-refractivity contribution in [3.8, 4) is 0 Å². The van der Waals surface area contributed by atoms with Crippen LogP contribution in [0.1, 0.15) is 24.8 Å². The first-order chi connectivity index (χ1) is 9.67. The maximum atomic E-state index is 11.4. The van der Waals surface area contributed by atoms with E-state index in [4.69, 9.17) is 5.73 Å². The predicted molar refractivity (Wildman–Crippen MR) is 83.5 cm³/mol. The van der Waals surface area contributed by atoms with E-state index in [1.54, 1.807) is 0 Å². The average molecular weight is 338 g/mol. The Balaban J connectivity index is 1.73. The predicted octanol–water partition coefficient (Wildman–Crippen LogP) is 2.01. The van der Waals surface area contributed by atoms with E-state index in [0.717, 1.165) is 36.0 Å². The molecule has 2 heterocycles. The van der Waals surface area contributed by atoms with Gasteiger partial charge in [0.2, 0.25) is 5.91 Å². The Morgan fingerprint density at radius 2 is 2.25 bits per heavy atom. The molecule has 5 heteroatoms. The van der Waals surface area contributed by atoms with Crippen LogP contribution in [0, 0.1) is 5.92 Å². The molecule has 108 valence electrons. The van der Waals surface area contributed by atoms with Crippen molar-refractivity contribution in [3.05, 3.63) is 28.2 Å². The summed E-state index contributed by atoms with van der Waals surface area (Å²) in [5.74, 6) is 0.796. The molecule has 0 bridgehead atoms. The van der Waals surface area contributed by atoms with E-state index in [0.29, 0.717) is 24.9 Å². The highest BCUT2D eigenvalue weighted by Crippen LogP contribution is 2.30. The second kappa shape index (κ2) is 5.74. The molecule has 2 unspecified atom stereocenters. The van der Waals surface area contributed by atoms with Crippen LogP contribution in [0.15, 0.2) is 22.7 Å². The molecule has 0 spiro atoms. The van der Waals surface area contributed by atoms with Gasteiger partial charge in [-0.25, -0.2) is 0 Å². The third-order valence-corrected chi connectivity index (χ3v) is 5.18. The van der Waals surface area contributed by atoms with Crippen LogP contribution in [-0.2, 0) is 11.3 Å². The molecule has 1 aromatic rings. The highest BCUT2D eigenvalue weighted by atomic mass is 79.9. The lowest BCUT2D eigenvalue weighted by molar-refractivity contribution is -0.124. The van der Waals surface area contributed by atoms with Crippen LogP contribution in [0.25, 0.3) is 0 Å². The summed E-state index contributed by atoms with van der Waals surface area (Å²) in [5, 5.41) is 3.13. The maximum Gasteiger partial charge on any atom is 0.220 e. The number of anilines is 1. The average Bonchev–Trinajstić information content (AvgIpc) is 2.46. The number of rotatable bonds is 2. The van der Waals surface area contributed by atoms with Crippen molar-refractivity contribution in [2.45, 2.75) is 31.8 Å². The summed E-state index contributed by atoms with van der Waals surface area (Å²) < 4.78 is 1.08. The topological polar surface area (TPSA) is 58.4 Å². The van der Waals surface area contributed by atoms with Gasteiger partial charge in [0.25, 0.3) is 0 Å². The van der Waals surface area contributed by atoms with Gasteiger partial charge >= 0.3 is 0 Å². The summed E-state index contributed by atoms with van der Waals surface area (Å²) in [6, 6.07) is 6.77. The fourth-order valence-corrected chi connectivity index (χ4v) is 3.77. The first-order valence-electron chi connectivity index (χ1n) is 7.20. The van der Waals surface area contributed by atoms with Gasteiger partial charge in [-0.05, 0) is 36.5 Å². The van der Waals surface area contributed by atoms with Gasteiger partial charge in [0.15, 0.2) is 0 Å². The second-order valence-corrected chi connectivity index (χ2v) is 6.54. The minimum atomic E-state index is 0.217. The molecule has 1 amide bonds. The van der Waals surface area contributed by atoms with Crippen molar-refractivity contribution in [2.75, 3.05) is 18.0 Å². The molecule has 2 saturated heterocycles. The molecule has 3 N–H and O–H groups in total. The standard InChI is InChI=1S/C15H20BrN3O/c16-13-7-12(3-1-10(13)8-17)19-6-5-14-11(9-19)2-4-15(20)18-14/h1,3,7,11,14H,2,4-6,8-9,17H2,(H,18,20). The number of halogens is 1. The van der Waals surface area contributed by atoms with Gasteiger partial charge in [-0.1, -0.05) is 22.0 Å². The van der Waals surface area contributed by atoms with E-state index >= 15 is 0 Å². The van der Waals surface area contributed by atoms with Crippen LogP contribution in [0.3, 0.4) is 0 Å². The molecule has 3 rings (SSSR count). The number of benzene rings is 1. The third kappa shape index (κ3) is 2.69. The Hall–Kier alpha value is -1.07. The minimum Gasteiger partial charge on any atom is -0.371 e. The first-order valence-corrected chi connectivity index (χ1v) is 7.99. The molecule has 2 atom stereocenters. The van der Waals surface area contributed by atoms with Crippen LogP contribution < -0.4 is 16.0 Å². The lowest BCUT2D eigenvalue weighted by Crippen LogP contribution is -2.54. The molecule has 2 aliphatic rings. The van der Waals surface area contributed by atoms with E-state index in [2.05, 4.69) is 44.3 Å². The van der Waals surface area contributed by atoms with Gasteiger partial charge < -0.3 is 16.0 Å². The Morgan fingerprint density at radius 1 is 1.40 bits per heavy atom. The highest BCUT2D eigenvalue weighted by Gasteiger charge is 2.33. The monoisotopic (exact) mass is 337 g/mol. The number of nitrogens with zero attached hydrogens (tertiary/aromatic N) is 1.